The van der Waals surface area contributed by atoms with Crippen molar-refractivity contribution >= 4 is 33.3 Å². The van der Waals surface area contributed by atoms with Gasteiger partial charge in [0.2, 0.25) is 0 Å². The minimum absolute atomic E-state index is 0.200. The molecule has 2 bridgehead atoms. The number of aromatic nitrogens is 2. The smallest absolute Gasteiger partial charge is 0.264 e. The van der Waals surface area contributed by atoms with Crippen LogP contribution in [-0.4, -0.2) is 39.9 Å². The molecule has 6 heteroatoms. The van der Waals surface area contributed by atoms with Gasteiger partial charge in [0.15, 0.2) is 0 Å². The molecule has 5 rings (SSSR count). The van der Waals surface area contributed by atoms with Crippen molar-refractivity contribution in [3.63, 3.8) is 0 Å². The zero-order chi connectivity index (χ0) is 19.1. The van der Waals surface area contributed by atoms with Crippen molar-refractivity contribution in [2.75, 3.05) is 18.4 Å². The molecular formula is C22H28N4OS. The molecular weight excluding hydrogens is 368 g/mol. The van der Waals surface area contributed by atoms with Crippen molar-refractivity contribution in [3.8, 4) is 0 Å². The van der Waals surface area contributed by atoms with Crippen LogP contribution >= 0.6 is 11.3 Å². The number of anilines is 1. The Balaban J connectivity index is 1.36. The summed E-state index contributed by atoms with van der Waals surface area (Å²) in [5.41, 5.74) is 2.60. The van der Waals surface area contributed by atoms with Crippen LogP contribution in [0, 0.1) is 12.8 Å². The Morgan fingerprint density at radius 1 is 1.32 bits per heavy atom. The third-order valence-electron chi connectivity index (χ3n) is 6.71. The van der Waals surface area contributed by atoms with Crippen molar-refractivity contribution in [2.24, 2.45) is 5.92 Å². The van der Waals surface area contributed by atoms with Crippen LogP contribution < -0.4 is 5.32 Å². The van der Waals surface area contributed by atoms with Gasteiger partial charge in [-0.15, -0.1) is 11.3 Å². The molecule has 1 N–H and O–H groups in total. The lowest BCUT2D eigenvalue weighted by molar-refractivity contribution is 0.0708. The highest BCUT2D eigenvalue weighted by molar-refractivity contribution is 7.20. The molecule has 148 valence electrons. The monoisotopic (exact) mass is 396 g/mol. The molecule has 3 aliphatic rings. The first-order valence-electron chi connectivity index (χ1n) is 10.7. The standard InChI is InChI=1S/C22H28N4OS/c1-14-18-20(23-10-9-15-5-3-2-4-6-15)24-13-25-21(18)28-19(14)22(27)26-12-16-7-8-17(26)11-16/h5,13,16-17H,2-4,6-12H2,1H3,(H,23,24,25)/t16-,17-/m1/s1. The van der Waals surface area contributed by atoms with E-state index in [9.17, 15) is 4.79 Å². The minimum atomic E-state index is 0.200. The Bertz CT molecular complexity index is 934. The largest absolute Gasteiger partial charge is 0.369 e. The number of carbonyl (C=O) groups excluding carboxylic acids is 1. The van der Waals surface area contributed by atoms with Gasteiger partial charge in [0.25, 0.3) is 5.91 Å². The second-order valence-electron chi connectivity index (χ2n) is 8.53. The summed E-state index contributed by atoms with van der Waals surface area (Å²) in [6, 6.07) is 0.453. The average Bonchev–Trinajstić information content (AvgIpc) is 3.43. The first-order valence-corrected chi connectivity index (χ1v) is 11.5. The number of rotatable bonds is 5. The molecule has 1 saturated heterocycles. The van der Waals surface area contributed by atoms with Gasteiger partial charge in [0.05, 0.1) is 10.3 Å². The number of fused-ring (bicyclic) bond motifs is 3. The lowest BCUT2D eigenvalue weighted by Crippen LogP contribution is -2.37. The fourth-order valence-corrected chi connectivity index (χ4v) is 6.29. The number of nitrogens with zero attached hydrogens (tertiary/aromatic N) is 3. The van der Waals surface area contributed by atoms with E-state index in [1.807, 2.05) is 0 Å². The average molecular weight is 397 g/mol. The molecule has 2 fully saturated rings. The first-order chi connectivity index (χ1) is 13.7. The summed E-state index contributed by atoms with van der Waals surface area (Å²) >= 11 is 1.53. The predicted molar refractivity (Wildman–Crippen MR) is 114 cm³/mol. The van der Waals surface area contributed by atoms with E-state index < -0.39 is 0 Å². The van der Waals surface area contributed by atoms with Crippen molar-refractivity contribution in [1.82, 2.24) is 14.9 Å². The Labute approximate surface area is 170 Å². The van der Waals surface area contributed by atoms with Gasteiger partial charge in [-0.1, -0.05) is 11.6 Å². The summed E-state index contributed by atoms with van der Waals surface area (Å²) < 4.78 is 0. The molecule has 0 radical (unpaired) electrons. The SMILES string of the molecule is Cc1c(C(=O)N2C[C@@H]3CC[C@@H]2C3)sc2ncnc(NCCC3=CCCCC3)c12. The van der Waals surface area contributed by atoms with Gasteiger partial charge >= 0.3 is 0 Å². The maximum absolute atomic E-state index is 13.2. The van der Waals surface area contributed by atoms with E-state index in [2.05, 4.69) is 33.2 Å². The highest BCUT2D eigenvalue weighted by Gasteiger charge is 2.41. The molecule has 3 heterocycles. The number of piperidine rings is 1. The number of hydrogen-bond acceptors (Lipinski definition) is 5. The van der Waals surface area contributed by atoms with Crippen LogP contribution in [0.4, 0.5) is 5.82 Å². The molecule has 1 aliphatic heterocycles. The summed E-state index contributed by atoms with van der Waals surface area (Å²) in [6.07, 6.45) is 13.8. The van der Waals surface area contributed by atoms with E-state index in [4.69, 9.17) is 0 Å². The van der Waals surface area contributed by atoms with Crippen molar-refractivity contribution in [1.29, 1.82) is 0 Å². The molecule has 2 aliphatic carbocycles. The van der Waals surface area contributed by atoms with E-state index in [1.165, 1.54) is 56.3 Å². The normalized spacial score (nSPS) is 24.0. The third kappa shape index (κ3) is 3.21. The van der Waals surface area contributed by atoms with E-state index in [-0.39, 0.29) is 5.91 Å². The molecule has 2 aromatic heterocycles. The number of allylic oxidation sites excluding steroid dienone is 1. The van der Waals surface area contributed by atoms with E-state index in [1.54, 1.807) is 11.9 Å². The van der Waals surface area contributed by atoms with Crippen molar-refractivity contribution < 1.29 is 4.79 Å². The topological polar surface area (TPSA) is 58.1 Å². The van der Waals surface area contributed by atoms with Gasteiger partial charge in [-0.25, -0.2) is 9.97 Å². The number of likely N-dealkylation sites (tertiary alicyclic amines) is 1. The number of carbonyl (C=O) groups is 1. The zero-order valence-corrected chi connectivity index (χ0v) is 17.4. The highest BCUT2D eigenvalue weighted by Crippen LogP contribution is 2.40. The Kier molecular flexibility index (Phi) is 4.83. The Morgan fingerprint density at radius 2 is 2.25 bits per heavy atom. The number of nitrogens with one attached hydrogen (secondary N) is 1. The maximum Gasteiger partial charge on any atom is 0.264 e. The minimum Gasteiger partial charge on any atom is -0.369 e. The van der Waals surface area contributed by atoms with Crippen molar-refractivity contribution in [2.45, 2.75) is 64.3 Å². The highest BCUT2D eigenvalue weighted by atomic mass is 32.1. The Morgan fingerprint density at radius 3 is 3.00 bits per heavy atom. The van der Waals surface area contributed by atoms with Gasteiger partial charge < -0.3 is 10.2 Å². The van der Waals surface area contributed by atoms with Crippen LogP contribution in [0.2, 0.25) is 0 Å². The molecule has 0 spiro atoms. The Hall–Kier alpha value is -1.95. The van der Waals surface area contributed by atoms with Crippen molar-refractivity contribution in [3.05, 3.63) is 28.4 Å². The zero-order valence-electron chi connectivity index (χ0n) is 16.5. The summed E-state index contributed by atoms with van der Waals surface area (Å²) in [6.45, 7) is 3.87. The van der Waals surface area contributed by atoms with Gasteiger partial charge in [-0.3, -0.25) is 4.79 Å². The van der Waals surface area contributed by atoms with Gasteiger partial charge in [-0.05, 0) is 69.8 Å². The second kappa shape index (κ2) is 7.47. The van der Waals surface area contributed by atoms with Crippen LogP contribution in [0.5, 0.6) is 0 Å². The predicted octanol–water partition coefficient (Wildman–Crippen LogP) is 4.93. The fourth-order valence-electron chi connectivity index (χ4n) is 5.19. The molecule has 0 unspecified atom stereocenters. The number of thiophene rings is 1. The molecule has 5 nitrogen and oxygen atoms in total. The summed E-state index contributed by atoms with van der Waals surface area (Å²) in [7, 11) is 0. The number of amides is 1. The summed E-state index contributed by atoms with van der Waals surface area (Å²) in [5, 5.41) is 4.54. The molecule has 2 aromatic rings. The van der Waals surface area contributed by atoms with E-state index in [0.717, 1.165) is 51.9 Å². The molecule has 28 heavy (non-hydrogen) atoms. The van der Waals surface area contributed by atoms with Crippen LogP contribution in [0.25, 0.3) is 10.2 Å². The van der Waals surface area contributed by atoms with Crippen LogP contribution in [0.1, 0.15) is 66.6 Å². The molecule has 0 aromatic carbocycles. The van der Waals surface area contributed by atoms with E-state index in [0.29, 0.717) is 6.04 Å². The van der Waals surface area contributed by atoms with Gasteiger partial charge in [0.1, 0.15) is 17.0 Å². The first kappa shape index (κ1) is 18.1. The molecule has 2 atom stereocenters. The number of aryl methyl sites for hydroxylation is 1. The summed E-state index contributed by atoms with van der Waals surface area (Å²) in [4.78, 5) is 26.1. The quantitative estimate of drug-likeness (QED) is 0.728. The van der Waals surface area contributed by atoms with Gasteiger partial charge in [0, 0.05) is 19.1 Å². The lowest BCUT2D eigenvalue weighted by atomic mass is 9.97. The van der Waals surface area contributed by atoms with Crippen LogP contribution in [0.15, 0.2) is 18.0 Å². The fraction of sp³-hybridized carbons (Fsp3) is 0.591. The van der Waals surface area contributed by atoms with Crippen LogP contribution in [0.3, 0.4) is 0 Å². The number of hydrogen-bond donors (Lipinski definition) is 1. The summed E-state index contributed by atoms with van der Waals surface area (Å²) in [5.74, 6) is 1.79. The second-order valence-corrected chi connectivity index (χ2v) is 9.53. The van der Waals surface area contributed by atoms with Crippen LogP contribution in [-0.2, 0) is 0 Å². The molecule has 1 amide bonds. The molecule has 1 saturated carbocycles. The van der Waals surface area contributed by atoms with E-state index >= 15 is 0 Å². The third-order valence-corrected chi connectivity index (χ3v) is 7.90. The maximum atomic E-state index is 13.2. The lowest BCUT2D eigenvalue weighted by Gasteiger charge is -2.26. The van der Waals surface area contributed by atoms with Gasteiger partial charge in [-0.2, -0.15) is 0 Å².